The minimum absolute atomic E-state index is 0.125. The van der Waals surface area contributed by atoms with Crippen molar-refractivity contribution in [1.82, 2.24) is 0 Å². The molecule has 0 aromatic heterocycles. The first-order valence-electron chi connectivity index (χ1n) is 22.8. The SMILES string of the molecule is CC1(C)c2ccccc2-c2cc(N(c3cccc(-c4ccccc4)c3-c3ccccc3-c3ccccc3)c3cccc4c3-c3ccccc3C4(c3ccccc3)c3ccccc3)ccc21. The van der Waals surface area contributed by atoms with E-state index in [1.807, 2.05) is 0 Å². The maximum absolute atomic E-state index is 2.58. The topological polar surface area (TPSA) is 3.24 Å². The Kier molecular flexibility index (Phi) is 9.14. The van der Waals surface area contributed by atoms with Crippen molar-refractivity contribution in [3.05, 3.63) is 282 Å². The van der Waals surface area contributed by atoms with Crippen molar-refractivity contribution in [2.45, 2.75) is 24.7 Å². The fourth-order valence-electron chi connectivity index (χ4n) is 11.4. The van der Waals surface area contributed by atoms with Crippen LogP contribution in [0.3, 0.4) is 0 Å². The third kappa shape index (κ3) is 5.93. The lowest BCUT2D eigenvalue weighted by Crippen LogP contribution is -2.28. The van der Waals surface area contributed by atoms with E-state index in [4.69, 9.17) is 0 Å². The molecule has 12 rings (SSSR count). The molecule has 2 aliphatic rings. The number of anilines is 3. The van der Waals surface area contributed by atoms with Crippen LogP contribution >= 0.6 is 0 Å². The van der Waals surface area contributed by atoms with Gasteiger partial charge in [-0.25, -0.2) is 0 Å². The molecule has 0 heterocycles. The van der Waals surface area contributed by atoms with Crippen molar-refractivity contribution >= 4 is 17.1 Å². The number of hydrogen-bond donors (Lipinski definition) is 0. The van der Waals surface area contributed by atoms with E-state index >= 15 is 0 Å². The Balaban J connectivity index is 1.22. The first-order chi connectivity index (χ1) is 32.0. The average molecular weight is 830 g/mol. The van der Waals surface area contributed by atoms with Gasteiger partial charge >= 0.3 is 0 Å². The molecule has 65 heavy (non-hydrogen) atoms. The van der Waals surface area contributed by atoms with E-state index in [-0.39, 0.29) is 5.41 Å². The van der Waals surface area contributed by atoms with E-state index in [1.54, 1.807) is 0 Å². The van der Waals surface area contributed by atoms with E-state index < -0.39 is 5.41 Å². The molecule has 0 radical (unpaired) electrons. The third-order valence-electron chi connectivity index (χ3n) is 14.2. The van der Waals surface area contributed by atoms with Crippen molar-refractivity contribution in [3.8, 4) is 55.6 Å². The van der Waals surface area contributed by atoms with Crippen LogP contribution in [0.4, 0.5) is 17.1 Å². The Bertz CT molecular complexity index is 3350. The molecule has 10 aromatic carbocycles. The minimum atomic E-state index is -0.550. The van der Waals surface area contributed by atoms with Gasteiger partial charge in [-0.3, -0.25) is 0 Å². The lowest BCUT2D eigenvalue weighted by molar-refractivity contribution is 0.660. The minimum Gasteiger partial charge on any atom is -0.309 e. The van der Waals surface area contributed by atoms with Crippen LogP contribution in [0.2, 0.25) is 0 Å². The highest BCUT2D eigenvalue weighted by molar-refractivity contribution is 6.05. The maximum atomic E-state index is 2.58. The molecule has 308 valence electrons. The maximum Gasteiger partial charge on any atom is 0.0714 e. The lowest BCUT2D eigenvalue weighted by Gasteiger charge is -2.35. The summed E-state index contributed by atoms with van der Waals surface area (Å²) >= 11 is 0. The Morgan fingerprint density at radius 3 is 1.38 bits per heavy atom. The molecule has 0 amide bonds. The summed E-state index contributed by atoms with van der Waals surface area (Å²) in [5.74, 6) is 0. The van der Waals surface area contributed by atoms with Gasteiger partial charge in [-0.15, -0.1) is 0 Å². The van der Waals surface area contributed by atoms with Crippen molar-refractivity contribution in [3.63, 3.8) is 0 Å². The van der Waals surface area contributed by atoms with Gasteiger partial charge in [0.1, 0.15) is 0 Å². The van der Waals surface area contributed by atoms with Crippen LogP contribution in [0.15, 0.2) is 249 Å². The predicted molar refractivity (Wildman–Crippen MR) is 272 cm³/mol. The van der Waals surface area contributed by atoms with E-state index in [0.717, 1.165) is 17.1 Å². The highest BCUT2D eigenvalue weighted by atomic mass is 15.1. The highest BCUT2D eigenvalue weighted by Crippen LogP contribution is 2.61. The summed E-state index contributed by atoms with van der Waals surface area (Å²) in [6.45, 7) is 4.73. The van der Waals surface area contributed by atoms with Gasteiger partial charge < -0.3 is 4.90 Å². The number of benzene rings is 10. The smallest absolute Gasteiger partial charge is 0.0714 e. The van der Waals surface area contributed by atoms with E-state index in [1.165, 1.54) is 89.0 Å². The number of fused-ring (bicyclic) bond motifs is 6. The van der Waals surface area contributed by atoms with Crippen LogP contribution in [0.25, 0.3) is 55.6 Å². The zero-order valence-corrected chi connectivity index (χ0v) is 36.6. The van der Waals surface area contributed by atoms with Crippen molar-refractivity contribution in [1.29, 1.82) is 0 Å². The molecular weight excluding hydrogens is 783 g/mol. The first kappa shape index (κ1) is 38.7. The van der Waals surface area contributed by atoms with Crippen LogP contribution in [-0.4, -0.2) is 0 Å². The van der Waals surface area contributed by atoms with Crippen LogP contribution < -0.4 is 4.90 Å². The van der Waals surface area contributed by atoms with Gasteiger partial charge in [0.15, 0.2) is 0 Å². The molecule has 0 N–H and O–H groups in total. The van der Waals surface area contributed by atoms with E-state index in [2.05, 4.69) is 267 Å². The summed E-state index contributed by atoms with van der Waals surface area (Å²) in [5.41, 5.74) is 22.6. The molecule has 0 unspecified atom stereocenters. The molecule has 0 aliphatic heterocycles. The fourth-order valence-corrected chi connectivity index (χ4v) is 11.4. The second kappa shape index (κ2) is 15.4. The van der Waals surface area contributed by atoms with Gasteiger partial charge in [-0.2, -0.15) is 0 Å². The molecule has 0 bridgehead atoms. The molecule has 0 saturated heterocycles. The molecule has 1 heteroatoms. The van der Waals surface area contributed by atoms with Gasteiger partial charge in [-0.05, 0) is 102 Å². The van der Waals surface area contributed by atoms with Crippen molar-refractivity contribution < 1.29 is 0 Å². The summed E-state index contributed by atoms with van der Waals surface area (Å²) in [4.78, 5) is 2.58. The van der Waals surface area contributed by atoms with E-state index in [0.29, 0.717) is 0 Å². The molecular formula is C64H47N. The third-order valence-corrected chi connectivity index (χ3v) is 14.2. The fraction of sp³-hybridized carbons (Fsp3) is 0.0625. The van der Waals surface area contributed by atoms with Gasteiger partial charge in [0, 0.05) is 22.2 Å². The molecule has 0 saturated carbocycles. The number of hydrogen-bond acceptors (Lipinski definition) is 1. The molecule has 10 aromatic rings. The Morgan fingerprint density at radius 2 is 0.738 bits per heavy atom. The standard InChI is InChI=1S/C64H47N/c1-63(2)55-36-19-17-32-51(55)54-43-48(41-42-56(54)63)65(59-39-21-35-50(45-25-9-4-10-26-45)61(59)52-33-16-15-31-49(52)44-23-7-3-8-24-44)60-40-22-38-58-62(60)53-34-18-20-37-57(53)64(58,46-27-11-5-12-28-46)47-29-13-6-14-30-47/h3-43H,1-2H3. The number of nitrogens with zero attached hydrogens (tertiary/aromatic N) is 1. The summed E-state index contributed by atoms with van der Waals surface area (Å²) in [5, 5.41) is 0. The molecule has 2 aliphatic carbocycles. The highest BCUT2D eigenvalue weighted by Gasteiger charge is 2.47. The Labute approximate surface area is 382 Å². The van der Waals surface area contributed by atoms with E-state index in [9.17, 15) is 0 Å². The van der Waals surface area contributed by atoms with Crippen molar-refractivity contribution in [2.75, 3.05) is 4.90 Å². The van der Waals surface area contributed by atoms with Gasteiger partial charge in [0.2, 0.25) is 0 Å². The number of rotatable bonds is 8. The normalized spacial score (nSPS) is 13.6. The Morgan fingerprint density at radius 1 is 0.292 bits per heavy atom. The second-order valence-corrected chi connectivity index (χ2v) is 17.9. The lowest BCUT2D eigenvalue weighted by atomic mass is 9.68. The Hall–Kier alpha value is -8.00. The second-order valence-electron chi connectivity index (χ2n) is 17.9. The van der Waals surface area contributed by atoms with Gasteiger partial charge in [-0.1, -0.05) is 238 Å². The summed E-state index contributed by atoms with van der Waals surface area (Å²) in [6.07, 6.45) is 0. The summed E-state index contributed by atoms with van der Waals surface area (Å²) in [6, 6.07) is 92.2. The first-order valence-corrected chi connectivity index (χ1v) is 22.8. The van der Waals surface area contributed by atoms with Crippen molar-refractivity contribution in [2.24, 2.45) is 0 Å². The monoisotopic (exact) mass is 829 g/mol. The van der Waals surface area contributed by atoms with Gasteiger partial charge in [0.25, 0.3) is 0 Å². The summed E-state index contributed by atoms with van der Waals surface area (Å²) < 4.78 is 0. The molecule has 0 atom stereocenters. The zero-order valence-electron chi connectivity index (χ0n) is 36.6. The quantitative estimate of drug-likeness (QED) is 0.147. The average Bonchev–Trinajstić information content (AvgIpc) is 3.81. The van der Waals surface area contributed by atoms with Crippen LogP contribution in [0, 0.1) is 0 Å². The summed E-state index contributed by atoms with van der Waals surface area (Å²) in [7, 11) is 0. The van der Waals surface area contributed by atoms with Gasteiger partial charge in [0.05, 0.1) is 16.8 Å². The predicted octanol–water partition coefficient (Wildman–Crippen LogP) is 16.8. The molecule has 1 nitrogen and oxygen atoms in total. The van der Waals surface area contributed by atoms with Crippen LogP contribution in [0.5, 0.6) is 0 Å². The molecule has 0 spiro atoms. The largest absolute Gasteiger partial charge is 0.309 e. The van der Waals surface area contributed by atoms with Crippen LogP contribution in [0.1, 0.15) is 47.2 Å². The molecule has 0 fully saturated rings. The van der Waals surface area contributed by atoms with Crippen LogP contribution in [-0.2, 0) is 10.8 Å². The zero-order chi connectivity index (χ0) is 43.5.